The highest BCUT2D eigenvalue weighted by molar-refractivity contribution is 5.80. The maximum Gasteiger partial charge on any atom is 0.248 e. The number of nitrogens with zero attached hydrogens (tertiary/aromatic N) is 1. The molecule has 1 fully saturated rings. The Morgan fingerprint density at radius 2 is 2.28 bits per heavy atom. The van der Waals surface area contributed by atoms with Crippen molar-refractivity contribution in [3.63, 3.8) is 0 Å². The fourth-order valence-electron chi connectivity index (χ4n) is 2.09. The maximum absolute atomic E-state index is 11.8. The predicted molar refractivity (Wildman–Crippen MR) is 70.5 cm³/mol. The highest BCUT2D eigenvalue weighted by Gasteiger charge is 2.21. The lowest BCUT2D eigenvalue weighted by atomic mass is 10.1. The quantitative estimate of drug-likeness (QED) is 0.644. The van der Waals surface area contributed by atoms with E-state index in [9.17, 15) is 4.79 Å². The molecule has 0 aromatic carbocycles. The van der Waals surface area contributed by atoms with Gasteiger partial charge in [0.1, 0.15) is 6.10 Å². The van der Waals surface area contributed by atoms with E-state index in [1.54, 1.807) is 6.92 Å². The highest BCUT2D eigenvalue weighted by Crippen LogP contribution is 2.12. The van der Waals surface area contributed by atoms with E-state index in [0.717, 1.165) is 26.1 Å². The number of carbonyl (C=O) groups excluding carboxylic acids is 1. The van der Waals surface area contributed by atoms with Crippen LogP contribution in [0.2, 0.25) is 0 Å². The molecule has 1 rings (SSSR count). The van der Waals surface area contributed by atoms with E-state index < -0.39 is 6.10 Å². The zero-order chi connectivity index (χ0) is 13.4. The minimum atomic E-state index is -0.399. The van der Waals surface area contributed by atoms with Crippen LogP contribution in [0.3, 0.4) is 0 Å². The first-order valence-electron chi connectivity index (χ1n) is 6.79. The number of nitrogens with one attached hydrogen (secondary N) is 1. The molecule has 1 aliphatic rings. The molecule has 0 spiro atoms. The van der Waals surface area contributed by atoms with Gasteiger partial charge in [-0.25, -0.2) is 0 Å². The molecule has 0 bridgehead atoms. The van der Waals surface area contributed by atoms with E-state index in [1.165, 1.54) is 0 Å². The average Bonchev–Trinajstić information content (AvgIpc) is 2.77. The molecule has 0 aliphatic carbocycles. The molecule has 0 unspecified atom stereocenters. The molecule has 1 aliphatic heterocycles. The van der Waals surface area contributed by atoms with Gasteiger partial charge < -0.3 is 19.7 Å². The molecule has 2 atom stereocenters. The average molecular weight is 258 g/mol. The molecule has 5 nitrogen and oxygen atoms in total. The molecule has 1 heterocycles. The number of hydrogen-bond donors (Lipinski definition) is 1. The van der Waals surface area contributed by atoms with E-state index >= 15 is 0 Å². The Morgan fingerprint density at radius 1 is 1.50 bits per heavy atom. The summed E-state index contributed by atoms with van der Waals surface area (Å²) in [5.74, 6) is 0.552. The van der Waals surface area contributed by atoms with Crippen LogP contribution in [0.1, 0.15) is 20.3 Å². The van der Waals surface area contributed by atoms with Gasteiger partial charge in [0.2, 0.25) is 5.91 Å². The third-order valence-corrected chi connectivity index (χ3v) is 3.22. The lowest BCUT2D eigenvalue weighted by Crippen LogP contribution is -2.38. The lowest BCUT2D eigenvalue weighted by molar-refractivity contribution is -0.132. The molecule has 1 N–H and O–H groups in total. The predicted octanol–water partition coefficient (Wildman–Crippen LogP) is 0.496. The molecule has 106 valence electrons. The van der Waals surface area contributed by atoms with Crippen LogP contribution in [0.4, 0.5) is 0 Å². The Morgan fingerprint density at radius 3 is 2.89 bits per heavy atom. The Bertz CT molecular complexity index is 248. The van der Waals surface area contributed by atoms with Crippen LogP contribution in [0, 0.1) is 5.92 Å². The summed E-state index contributed by atoms with van der Waals surface area (Å²) >= 11 is 0. The van der Waals surface area contributed by atoms with Gasteiger partial charge >= 0.3 is 0 Å². The summed E-state index contributed by atoms with van der Waals surface area (Å²) in [5, 5.41) is 2.95. The zero-order valence-corrected chi connectivity index (χ0v) is 11.8. The van der Waals surface area contributed by atoms with Gasteiger partial charge in [0.15, 0.2) is 0 Å². The molecule has 18 heavy (non-hydrogen) atoms. The molecule has 0 radical (unpaired) electrons. The summed E-state index contributed by atoms with van der Waals surface area (Å²) < 4.78 is 10.5. The normalized spacial score (nSPS) is 22.1. The zero-order valence-electron chi connectivity index (χ0n) is 11.8. The van der Waals surface area contributed by atoms with Crippen molar-refractivity contribution in [1.82, 2.24) is 10.2 Å². The molecular formula is C13H26N2O3. The first-order chi connectivity index (χ1) is 8.63. The fraction of sp³-hybridized carbons (Fsp3) is 0.923. The number of ether oxygens (including phenoxy) is 2. The van der Waals surface area contributed by atoms with Crippen LogP contribution in [0.25, 0.3) is 0 Å². The first-order valence-corrected chi connectivity index (χ1v) is 6.79. The minimum Gasteiger partial charge on any atom is -0.379 e. The van der Waals surface area contributed by atoms with Crippen molar-refractivity contribution in [1.29, 1.82) is 0 Å². The minimum absolute atomic E-state index is 0.0268. The largest absolute Gasteiger partial charge is 0.379 e. The molecule has 0 aromatic heterocycles. The van der Waals surface area contributed by atoms with Gasteiger partial charge in [-0.1, -0.05) is 0 Å². The highest BCUT2D eigenvalue weighted by atomic mass is 16.5. The second-order valence-corrected chi connectivity index (χ2v) is 4.87. The number of rotatable bonds is 8. The van der Waals surface area contributed by atoms with E-state index in [1.807, 2.05) is 6.92 Å². The Balaban J connectivity index is 2.08. The van der Waals surface area contributed by atoms with Crippen molar-refractivity contribution in [2.75, 3.05) is 46.5 Å². The van der Waals surface area contributed by atoms with Gasteiger partial charge in [0.05, 0.1) is 13.2 Å². The van der Waals surface area contributed by atoms with Crippen LogP contribution in [-0.4, -0.2) is 63.4 Å². The SMILES string of the molecule is CCOCCO[C@@H](C)C(=O)NC[C@@H]1CCN(C)C1. The smallest absolute Gasteiger partial charge is 0.248 e. The summed E-state index contributed by atoms with van der Waals surface area (Å²) in [6, 6.07) is 0. The topological polar surface area (TPSA) is 50.8 Å². The third kappa shape index (κ3) is 5.80. The van der Waals surface area contributed by atoms with Gasteiger partial charge in [-0.3, -0.25) is 4.79 Å². The first kappa shape index (κ1) is 15.4. The van der Waals surface area contributed by atoms with Crippen molar-refractivity contribution >= 4 is 5.91 Å². The summed E-state index contributed by atoms with van der Waals surface area (Å²) in [7, 11) is 2.11. The summed E-state index contributed by atoms with van der Waals surface area (Å²) in [6.07, 6.45) is 0.765. The van der Waals surface area contributed by atoms with Crippen LogP contribution in [0.5, 0.6) is 0 Å². The maximum atomic E-state index is 11.8. The summed E-state index contributed by atoms with van der Waals surface area (Å²) in [4.78, 5) is 14.0. The number of likely N-dealkylation sites (tertiary alicyclic amines) is 1. The Hall–Kier alpha value is -0.650. The van der Waals surface area contributed by atoms with Crippen molar-refractivity contribution < 1.29 is 14.3 Å². The van der Waals surface area contributed by atoms with Gasteiger partial charge in [0, 0.05) is 19.7 Å². The van der Waals surface area contributed by atoms with Crippen LogP contribution in [0.15, 0.2) is 0 Å². The summed E-state index contributed by atoms with van der Waals surface area (Å²) in [6.45, 7) is 8.36. The Labute approximate surface area is 110 Å². The molecule has 1 saturated heterocycles. The molecule has 1 amide bonds. The number of carbonyl (C=O) groups is 1. The fourth-order valence-corrected chi connectivity index (χ4v) is 2.09. The molecular weight excluding hydrogens is 232 g/mol. The monoisotopic (exact) mass is 258 g/mol. The van der Waals surface area contributed by atoms with Crippen molar-refractivity contribution in [3.05, 3.63) is 0 Å². The van der Waals surface area contributed by atoms with Crippen molar-refractivity contribution in [2.24, 2.45) is 5.92 Å². The molecule has 0 saturated carbocycles. The third-order valence-electron chi connectivity index (χ3n) is 3.22. The van der Waals surface area contributed by atoms with E-state index in [0.29, 0.717) is 25.7 Å². The Kier molecular flexibility index (Phi) is 7.23. The molecule has 0 aromatic rings. The van der Waals surface area contributed by atoms with Gasteiger partial charge in [-0.05, 0) is 39.8 Å². The van der Waals surface area contributed by atoms with Crippen LogP contribution in [-0.2, 0) is 14.3 Å². The van der Waals surface area contributed by atoms with Gasteiger partial charge in [-0.2, -0.15) is 0 Å². The van der Waals surface area contributed by atoms with Crippen LogP contribution < -0.4 is 5.32 Å². The second kappa shape index (κ2) is 8.45. The van der Waals surface area contributed by atoms with Gasteiger partial charge in [-0.15, -0.1) is 0 Å². The van der Waals surface area contributed by atoms with E-state index in [-0.39, 0.29) is 5.91 Å². The van der Waals surface area contributed by atoms with E-state index in [4.69, 9.17) is 9.47 Å². The number of amides is 1. The molecule has 5 heteroatoms. The second-order valence-electron chi connectivity index (χ2n) is 4.87. The van der Waals surface area contributed by atoms with Crippen molar-refractivity contribution in [2.45, 2.75) is 26.4 Å². The number of hydrogen-bond acceptors (Lipinski definition) is 4. The summed E-state index contributed by atoms with van der Waals surface area (Å²) in [5.41, 5.74) is 0. The van der Waals surface area contributed by atoms with Gasteiger partial charge in [0.25, 0.3) is 0 Å². The lowest BCUT2D eigenvalue weighted by Gasteiger charge is -2.16. The van der Waals surface area contributed by atoms with Crippen LogP contribution >= 0.6 is 0 Å². The van der Waals surface area contributed by atoms with Crippen molar-refractivity contribution in [3.8, 4) is 0 Å². The standard InChI is InChI=1S/C13H26N2O3/c1-4-17-7-8-18-11(2)13(16)14-9-12-5-6-15(3)10-12/h11-12H,4-10H2,1-3H3,(H,14,16)/t11-,12-/m0/s1. The van der Waals surface area contributed by atoms with E-state index in [2.05, 4.69) is 17.3 Å².